The molecule has 4 rings (SSSR count). The first-order valence-corrected chi connectivity index (χ1v) is 11.9. The highest BCUT2D eigenvalue weighted by molar-refractivity contribution is 7.13. The monoisotopic (exact) mass is 428 g/mol. The van der Waals surface area contributed by atoms with Crippen LogP contribution in [0, 0.1) is 0 Å². The van der Waals surface area contributed by atoms with Crippen molar-refractivity contribution in [2.45, 2.75) is 58.4 Å². The molecule has 1 aromatic heterocycles. The molecule has 0 saturated carbocycles. The van der Waals surface area contributed by atoms with E-state index in [2.05, 4.69) is 46.1 Å². The average molecular weight is 429 g/mol. The van der Waals surface area contributed by atoms with E-state index in [1.165, 1.54) is 49.3 Å². The number of nitrogens with zero attached hydrogens (tertiary/aromatic N) is 3. The third-order valence-electron chi connectivity index (χ3n) is 5.72. The van der Waals surface area contributed by atoms with E-state index in [1.54, 1.807) is 0 Å². The van der Waals surface area contributed by atoms with Crippen molar-refractivity contribution in [3.05, 3.63) is 46.5 Å². The number of hydrogen-bond donors (Lipinski definition) is 1. The van der Waals surface area contributed by atoms with Crippen LogP contribution < -0.4 is 5.32 Å². The van der Waals surface area contributed by atoms with E-state index in [-0.39, 0.29) is 18.1 Å². The Morgan fingerprint density at radius 3 is 2.47 bits per heavy atom. The van der Waals surface area contributed by atoms with Crippen LogP contribution in [-0.4, -0.2) is 59.1 Å². The highest BCUT2D eigenvalue weighted by Gasteiger charge is 2.23. The van der Waals surface area contributed by atoms with Gasteiger partial charge in [0, 0.05) is 37.1 Å². The van der Waals surface area contributed by atoms with Crippen molar-refractivity contribution in [2.75, 3.05) is 31.5 Å². The van der Waals surface area contributed by atoms with Gasteiger partial charge in [0.25, 0.3) is 5.91 Å². The number of aromatic nitrogens is 1. The predicted octanol–water partition coefficient (Wildman–Crippen LogP) is 3.99. The summed E-state index contributed by atoms with van der Waals surface area (Å²) in [5.41, 5.74) is 2.93. The second-order valence-corrected chi connectivity index (χ2v) is 9.44. The fraction of sp³-hybridized carbons (Fsp3) is 0.565. The van der Waals surface area contributed by atoms with E-state index in [9.17, 15) is 4.79 Å². The number of rotatable bonds is 6. The molecular formula is C23H32N4O2S. The first kappa shape index (κ1) is 21.4. The van der Waals surface area contributed by atoms with Gasteiger partial charge in [0.2, 0.25) is 0 Å². The van der Waals surface area contributed by atoms with Crippen LogP contribution in [0.5, 0.6) is 0 Å². The van der Waals surface area contributed by atoms with Gasteiger partial charge in [0.1, 0.15) is 0 Å². The maximum atomic E-state index is 12.6. The van der Waals surface area contributed by atoms with Crippen LogP contribution in [0.2, 0.25) is 0 Å². The predicted molar refractivity (Wildman–Crippen MR) is 121 cm³/mol. The molecule has 0 spiro atoms. The summed E-state index contributed by atoms with van der Waals surface area (Å²) in [6, 6.07) is 7.97. The summed E-state index contributed by atoms with van der Waals surface area (Å²) < 4.78 is 5.79. The first-order valence-electron chi connectivity index (χ1n) is 11.0. The number of nitrogens with one attached hydrogen (secondary N) is 1. The molecule has 0 radical (unpaired) electrons. The SMILES string of the molecule is CC1CN(Cc2csc(NC(=O)c3ccc(CN4CCCCC4)cc3)n2)CC(C)O1. The third kappa shape index (κ3) is 5.88. The number of piperidine rings is 1. The fourth-order valence-electron chi connectivity index (χ4n) is 4.39. The number of anilines is 1. The van der Waals surface area contributed by atoms with Gasteiger partial charge >= 0.3 is 0 Å². The molecule has 1 aromatic carbocycles. The zero-order valence-electron chi connectivity index (χ0n) is 18.0. The van der Waals surface area contributed by atoms with Crippen molar-refractivity contribution in [3.8, 4) is 0 Å². The van der Waals surface area contributed by atoms with Crippen molar-refractivity contribution >= 4 is 22.4 Å². The lowest BCUT2D eigenvalue weighted by molar-refractivity contribution is -0.0707. The second-order valence-electron chi connectivity index (χ2n) is 8.58. The Balaban J connectivity index is 1.29. The average Bonchev–Trinajstić information content (AvgIpc) is 3.15. The lowest BCUT2D eigenvalue weighted by Crippen LogP contribution is -2.44. The molecular weight excluding hydrogens is 396 g/mol. The largest absolute Gasteiger partial charge is 0.373 e. The van der Waals surface area contributed by atoms with Crippen LogP contribution >= 0.6 is 11.3 Å². The van der Waals surface area contributed by atoms with Gasteiger partial charge in [-0.15, -0.1) is 11.3 Å². The molecule has 2 aliphatic rings. The molecule has 2 fully saturated rings. The highest BCUT2D eigenvalue weighted by Crippen LogP contribution is 2.20. The molecule has 2 aliphatic heterocycles. The summed E-state index contributed by atoms with van der Waals surface area (Å²) in [5, 5.41) is 5.63. The Kier molecular flexibility index (Phi) is 7.15. The molecule has 2 saturated heterocycles. The van der Waals surface area contributed by atoms with Gasteiger partial charge in [0.15, 0.2) is 5.13 Å². The van der Waals surface area contributed by atoms with Gasteiger partial charge in [0.05, 0.1) is 17.9 Å². The number of carbonyl (C=O) groups excluding carboxylic acids is 1. The first-order chi connectivity index (χ1) is 14.5. The zero-order chi connectivity index (χ0) is 20.9. The summed E-state index contributed by atoms with van der Waals surface area (Å²) in [5.74, 6) is -0.103. The number of likely N-dealkylation sites (tertiary alicyclic amines) is 1. The van der Waals surface area contributed by atoms with Crippen molar-refractivity contribution in [1.29, 1.82) is 0 Å². The van der Waals surface area contributed by atoms with Crippen molar-refractivity contribution in [3.63, 3.8) is 0 Å². The number of hydrogen-bond acceptors (Lipinski definition) is 6. The van der Waals surface area contributed by atoms with Crippen LogP contribution in [0.25, 0.3) is 0 Å². The van der Waals surface area contributed by atoms with E-state index in [4.69, 9.17) is 4.74 Å². The van der Waals surface area contributed by atoms with Crippen LogP contribution in [-0.2, 0) is 17.8 Å². The molecule has 6 nitrogen and oxygen atoms in total. The van der Waals surface area contributed by atoms with Crippen LogP contribution in [0.4, 0.5) is 5.13 Å². The number of carbonyl (C=O) groups is 1. The summed E-state index contributed by atoms with van der Waals surface area (Å²) in [7, 11) is 0. The van der Waals surface area contributed by atoms with E-state index in [1.807, 2.05) is 17.5 Å². The van der Waals surface area contributed by atoms with Crippen molar-refractivity contribution in [2.24, 2.45) is 0 Å². The summed E-state index contributed by atoms with van der Waals surface area (Å²) in [6.07, 6.45) is 4.41. The molecule has 2 atom stereocenters. The lowest BCUT2D eigenvalue weighted by atomic mass is 10.1. The molecule has 2 aromatic rings. The topological polar surface area (TPSA) is 57.7 Å². The Morgan fingerprint density at radius 2 is 1.77 bits per heavy atom. The number of ether oxygens (including phenoxy) is 1. The van der Waals surface area contributed by atoms with Gasteiger partial charge in [-0.3, -0.25) is 19.9 Å². The number of morpholine rings is 1. The zero-order valence-corrected chi connectivity index (χ0v) is 18.8. The Hall–Kier alpha value is -1.80. The van der Waals surface area contributed by atoms with Crippen molar-refractivity contribution in [1.82, 2.24) is 14.8 Å². The van der Waals surface area contributed by atoms with Gasteiger partial charge in [-0.2, -0.15) is 0 Å². The molecule has 1 amide bonds. The summed E-state index contributed by atoms with van der Waals surface area (Å²) in [4.78, 5) is 22.1. The number of benzene rings is 1. The van der Waals surface area contributed by atoms with Crippen LogP contribution in [0.3, 0.4) is 0 Å². The Labute approximate surface area is 183 Å². The van der Waals surface area contributed by atoms with Gasteiger partial charge in [-0.1, -0.05) is 18.6 Å². The molecule has 30 heavy (non-hydrogen) atoms. The van der Waals surface area contributed by atoms with E-state index in [0.29, 0.717) is 10.7 Å². The minimum atomic E-state index is -0.103. The molecule has 1 N–H and O–H groups in total. The minimum Gasteiger partial charge on any atom is -0.373 e. The Morgan fingerprint density at radius 1 is 1.07 bits per heavy atom. The maximum Gasteiger partial charge on any atom is 0.257 e. The number of amides is 1. The molecule has 7 heteroatoms. The van der Waals surface area contributed by atoms with E-state index < -0.39 is 0 Å². The summed E-state index contributed by atoms with van der Waals surface area (Å²) in [6.45, 7) is 10.1. The smallest absolute Gasteiger partial charge is 0.257 e. The standard InChI is InChI=1S/C23H32N4O2S/c1-17-12-27(13-18(2)29-17)15-21-16-30-23(24-21)25-22(28)20-8-6-19(7-9-20)14-26-10-4-3-5-11-26/h6-9,16-18H,3-5,10-15H2,1-2H3,(H,24,25,28). The fourth-order valence-corrected chi connectivity index (χ4v) is 5.08. The number of thiazole rings is 1. The minimum absolute atomic E-state index is 0.103. The Bertz CT molecular complexity index is 822. The molecule has 0 bridgehead atoms. The quantitative estimate of drug-likeness (QED) is 0.754. The third-order valence-corrected chi connectivity index (χ3v) is 6.53. The molecule has 3 heterocycles. The van der Waals surface area contributed by atoms with Gasteiger partial charge in [-0.25, -0.2) is 4.98 Å². The van der Waals surface area contributed by atoms with E-state index in [0.717, 1.165) is 31.9 Å². The van der Waals surface area contributed by atoms with Gasteiger partial charge < -0.3 is 4.74 Å². The lowest BCUT2D eigenvalue weighted by Gasteiger charge is -2.34. The summed E-state index contributed by atoms with van der Waals surface area (Å²) >= 11 is 1.48. The highest BCUT2D eigenvalue weighted by atomic mass is 32.1. The maximum absolute atomic E-state index is 12.6. The van der Waals surface area contributed by atoms with Crippen LogP contribution in [0.1, 0.15) is 54.7 Å². The van der Waals surface area contributed by atoms with Crippen LogP contribution in [0.15, 0.2) is 29.6 Å². The molecule has 162 valence electrons. The van der Waals surface area contributed by atoms with Gasteiger partial charge in [-0.05, 0) is 57.5 Å². The van der Waals surface area contributed by atoms with E-state index >= 15 is 0 Å². The molecule has 2 unspecified atom stereocenters. The normalized spacial score (nSPS) is 23.4. The van der Waals surface area contributed by atoms with Crippen molar-refractivity contribution < 1.29 is 9.53 Å². The second kappa shape index (κ2) is 10.0. The molecule has 0 aliphatic carbocycles.